The number of benzene rings is 1. The third kappa shape index (κ3) is 3.80. The molecule has 0 saturated heterocycles. The average molecular weight is 345 g/mol. The van der Waals surface area contributed by atoms with Gasteiger partial charge in [0.05, 0.1) is 12.9 Å². The quantitative estimate of drug-likeness (QED) is 0.507. The monoisotopic (exact) mass is 345 g/mol. The third-order valence-electron chi connectivity index (χ3n) is 3.17. The van der Waals surface area contributed by atoms with Gasteiger partial charge in [-0.15, -0.1) is 21.5 Å². The lowest BCUT2D eigenvalue weighted by Gasteiger charge is -2.09. The highest BCUT2D eigenvalue weighted by atomic mass is 32.2. The number of hydrogen-bond acceptors (Lipinski definition) is 6. The number of ether oxygens (including phenoxy) is 1. The number of carbonyl (C=O) groups excluding carboxylic acids is 1. The third-order valence-corrected chi connectivity index (χ3v) is 4.95. The SMILES string of the molecule is COC(=O)CSc1nnc(Cc2cccs2)n1-c1ccccc1. The van der Waals surface area contributed by atoms with Crippen molar-refractivity contribution in [2.45, 2.75) is 11.6 Å². The minimum Gasteiger partial charge on any atom is -0.468 e. The Hall–Kier alpha value is -2.12. The molecule has 0 aliphatic heterocycles. The number of aromatic nitrogens is 3. The van der Waals surface area contributed by atoms with Gasteiger partial charge in [-0.1, -0.05) is 36.0 Å². The van der Waals surface area contributed by atoms with Crippen LogP contribution in [0.1, 0.15) is 10.7 Å². The number of esters is 1. The van der Waals surface area contributed by atoms with Crippen molar-refractivity contribution in [3.05, 3.63) is 58.5 Å². The van der Waals surface area contributed by atoms with Crippen molar-refractivity contribution in [3.8, 4) is 5.69 Å². The molecule has 0 saturated carbocycles. The van der Waals surface area contributed by atoms with Crippen LogP contribution < -0.4 is 0 Å². The first-order valence-corrected chi connectivity index (χ1v) is 8.86. The molecule has 118 valence electrons. The van der Waals surface area contributed by atoms with Crippen molar-refractivity contribution in [1.29, 1.82) is 0 Å². The van der Waals surface area contributed by atoms with Crippen LogP contribution in [0.15, 0.2) is 53.0 Å². The van der Waals surface area contributed by atoms with Crippen molar-refractivity contribution in [1.82, 2.24) is 14.8 Å². The summed E-state index contributed by atoms with van der Waals surface area (Å²) in [5, 5.41) is 11.3. The normalized spacial score (nSPS) is 10.7. The summed E-state index contributed by atoms with van der Waals surface area (Å²) < 4.78 is 6.69. The maximum Gasteiger partial charge on any atom is 0.316 e. The summed E-state index contributed by atoms with van der Waals surface area (Å²) in [6.07, 6.45) is 0.707. The molecule has 0 bridgehead atoms. The van der Waals surface area contributed by atoms with Gasteiger partial charge >= 0.3 is 5.97 Å². The maximum absolute atomic E-state index is 11.4. The molecule has 5 nitrogen and oxygen atoms in total. The number of rotatable bonds is 6. The minimum atomic E-state index is -0.280. The van der Waals surface area contributed by atoms with E-state index >= 15 is 0 Å². The molecule has 7 heteroatoms. The van der Waals surface area contributed by atoms with E-state index in [0.29, 0.717) is 11.6 Å². The van der Waals surface area contributed by atoms with Crippen LogP contribution in [-0.2, 0) is 16.0 Å². The fourth-order valence-electron chi connectivity index (χ4n) is 2.10. The lowest BCUT2D eigenvalue weighted by atomic mass is 10.3. The number of methoxy groups -OCH3 is 1. The fraction of sp³-hybridized carbons (Fsp3) is 0.188. The van der Waals surface area contributed by atoms with Crippen molar-refractivity contribution >= 4 is 29.1 Å². The summed E-state index contributed by atoms with van der Waals surface area (Å²) >= 11 is 3.02. The van der Waals surface area contributed by atoms with Crippen LogP contribution in [0.3, 0.4) is 0 Å². The summed E-state index contributed by atoms with van der Waals surface area (Å²) in [5.74, 6) is 0.781. The standard InChI is InChI=1S/C16H15N3O2S2/c1-21-15(20)11-23-16-18-17-14(10-13-8-5-9-22-13)19(16)12-6-3-2-4-7-12/h2-9H,10-11H2,1H3. The molecule has 0 aliphatic carbocycles. The van der Waals surface area contributed by atoms with E-state index in [1.165, 1.54) is 23.7 Å². The molecular weight excluding hydrogens is 330 g/mol. The molecule has 23 heavy (non-hydrogen) atoms. The number of thioether (sulfide) groups is 1. The van der Waals surface area contributed by atoms with E-state index < -0.39 is 0 Å². The van der Waals surface area contributed by atoms with Crippen LogP contribution in [0, 0.1) is 0 Å². The van der Waals surface area contributed by atoms with Gasteiger partial charge in [-0.2, -0.15) is 0 Å². The van der Waals surface area contributed by atoms with Crippen LogP contribution in [0.2, 0.25) is 0 Å². The van der Waals surface area contributed by atoms with E-state index in [2.05, 4.69) is 16.3 Å². The molecule has 0 aliphatic rings. The summed E-state index contributed by atoms with van der Waals surface area (Å²) in [6, 6.07) is 14.0. The topological polar surface area (TPSA) is 57.0 Å². The molecule has 0 spiro atoms. The number of para-hydroxylation sites is 1. The highest BCUT2D eigenvalue weighted by molar-refractivity contribution is 7.99. The maximum atomic E-state index is 11.4. The molecule has 0 atom stereocenters. The van der Waals surface area contributed by atoms with Crippen LogP contribution in [0.25, 0.3) is 5.69 Å². The van der Waals surface area contributed by atoms with Gasteiger partial charge in [0.1, 0.15) is 5.82 Å². The van der Waals surface area contributed by atoms with E-state index in [-0.39, 0.29) is 11.7 Å². The van der Waals surface area contributed by atoms with Crippen LogP contribution in [0.4, 0.5) is 0 Å². The number of nitrogens with zero attached hydrogens (tertiary/aromatic N) is 3. The zero-order valence-electron chi connectivity index (χ0n) is 12.5. The highest BCUT2D eigenvalue weighted by Crippen LogP contribution is 2.24. The Morgan fingerprint density at radius 2 is 2.04 bits per heavy atom. The van der Waals surface area contributed by atoms with Gasteiger partial charge in [0, 0.05) is 17.0 Å². The Morgan fingerprint density at radius 3 is 2.74 bits per heavy atom. The van der Waals surface area contributed by atoms with Crippen molar-refractivity contribution in [3.63, 3.8) is 0 Å². The Morgan fingerprint density at radius 1 is 1.22 bits per heavy atom. The summed E-state index contributed by atoms with van der Waals surface area (Å²) in [5.41, 5.74) is 0.983. The van der Waals surface area contributed by atoms with Gasteiger partial charge in [0.15, 0.2) is 5.16 Å². The van der Waals surface area contributed by atoms with Gasteiger partial charge in [-0.05, 0) is 23.6 Å². The zero-order valence-corrected chi connectivity index (χ0v) is 14.1. The van der Waals surface area contributed by atoms with Crippen molar-refractivity contribution in [2.24, 2.45) is 0 Å². The van der Waals surface area contributed by atoms with E-state index in [4.69, 9.17) is 4.74 Å². The van der Waals surface area contributed by atoms with Crippen LogP contribution >= 0.6 is 23.1 Å². The Labute approximate surface area is 142 Å². The van der Waals surface area contributed by atoms with Gasteiger partial charge in [-0.3, -0.25) is 9.36 Å². The second-order valence-corrected chi connectivity index (χ2v) is 6.67. The highest BCUT2D eigenvalue weighted by Gasteiger charge is 2.16. The molecule has 2 heterocycles. The number of thiophene rings is 1. The van der Waals surface area contributed by atoms with E-state index in [1.54, 1.807) is 11.3 Å². The molecule has 0 radical (unpaired) electrons. The second-order valence-electron chi connectivity index (χ2n) is 4.69. The second kappa shape index (κ2) is 7.43. The largest absolute Gasteiger partial charge is 0.468 e. The molecule has 0 unspecified atom stereocenters. The minimum absolute atomic E-state index is 0.209. The molecule has 3 aromatic rings. The van der Waals surface area contributed by atoms with Gasteiger partial charge in [-0.25, -0.2) is 0 Å². The molecular formula is C16H15N3O2S2. The lowest BCUT2D eigenvalue weighted by molar-refractivity contribution is -0.137. The summed E-state index contributed by atoms with van der Waals surface area (Å²) in [4.78, 5) is 12.6. The van der Waals surface area contributed by atoms with E-state index in [1.807, 2.05) is 46.3 Å². The zero-order chi connectivity index (χ0) is 16.1. The summed E-state index contributed by atoms with van der Waals surface area (Å²) in [6.45, 7) is 0. The molecule has 3 rings (SSSR count). The Kier molecular flexibility index (Phi) is 5.09. The molecule has 0 N–H and O–H groups in total. The number of carbonyl (C=O) groups is 1. The summed E-state index contributed by atoms with van der Waals surface area (Å²) in [7, 11) is 1.38. The molecule has 0 fully saturated rings. The van der Waals surface area contributed by atoms with Gasteiger partial charge in [0.2, 0.25) is 0 Å². The van der Waals surface area contributed by atoms with Crippen molar-refractivity contribution < 1.29 is 9.53 Å². The predicted octanol–water partition coefficient (Wildman–Crippen LogP) is 3.18. The lowest BCUT2D eigenvalue weighted by Crippen LogP contribution is -2.06. The first-order valence-electron chi connectivity index (χ1n) is 6.99. The van der Waals surface area contributed by atoms with E-state index in [0.717, 1.165) is 11.5 Å². The van der Waals surface area contributed by atoms with Crippen LogP contribution in [-0.4, -0.2) is 33.6 Å². The molecule has 1 aromatic carbocycles. The smallest absolute Gasteiger partial charge is 0.316 e. The molecule has 2 aromatic heterocycles. The van der Waals surface area contributed by atoms with E-state index in [9.17, 15) is 4.79 Å². The Balaban J connectivity index is 1.93. The number of hydrogen-bond donors (Lipinski definition) is 0. The fourth-order valence-corrected chi connectivity index (χ4v) is 3.60. The first-order chi connectivity index (χ1) is 11.3. The molecule has 0 amide bonds. The average Bonchev–Trinajstić information content (AvgIpc) is 3.23. The Bertz CT molecular complexity index is 770. The first kappa shape index (κ1) is 15.8. The van der Waals surface area contributed by atoms with Gasteiger partial charge in [0.25, 0.3) is 0 Å². The van der Waals surface area contributed by atoms with Crippen LogP contribution in [0.5, 0.6) is 0 Å². The van der Waals surface area contributed by atoms with Gasteiger partial charge < -0.3 is 4.74 Å². The predicted molar refractivity (Wildman–Crippen MR) is 91.2 cm³/mol. The van der Waals surface area contributed by atoms with Crippen molar-refractivity contribution in [2.75, 3.05) is 12.9 Å².